The van der Waals surface area contributed by atoms with E-state index in [2.05, 4.69) is 26.6 Å². The highest BCUT2D eigenvalue weighted by Crippen LogP contribution is 2.42. The van der Waals surface area contributed by atoms with Gasteiger partial charge in [0, 0.05) is 22.7 Å². The lowest BCUT2D eigenvalue weighted by Crippen LogP contribution is -2.61. The molecule has 15 atom stereocenters. The second-order valence-corrected chi connectivity index (χ2v) is 13.0. The first kappa shape index (κ1) is 40.2. The lowest BCUT2D eigenvalue weighted by atomic mass is 9.80. The molecular formula is C32H50N6O11. The summed E-state index contributed by atoms with van der Waals surface area (Å²) in [4.78, 5) is 41.8. The molecular weight excluding hydrogens is 644 g/mol. The zero-order valence-electron chi connectivity index (χ0n) is 29.4. The zero-order valence-corrected chi connectivity index (χ0v) is 29.4. The van der Waals surface area contributed by atoms with Crippen LogP contribution in [0.5, 0.6) is 0 Å². The Labute approximate surface area is 286 Å². The Kier molecular flexibility index (Phi) is 15.3. The zero-order chi connectivity index (χ0) is 36.4. The van der Waals surface area contributed by atoms with Gasteiger partial charge in [0.15, 0.2) is 18.4 Å². The largest absolute Gasteiger partial charge is 0.435 e. The molecule has 0 aliphatic carbocycles. The van der Waals surface area contributed by atoms with Crippen LogP contribution in [-0.4, -0.2) is 92.9 Å². The summed E-state index contributed by atoms with van der Waals surface area (Å²) in [7, 11) is 0. The van der Waals surface area contributed by atoms with Crippen LogP contribution in [0.15, 0.2) is 22.6 Å². The molecule has 17 heteroatoms. The van der Waals surface area contributed by atoms with Gasteiger partial charge >= 0.3 is 5.97 Å². The van der Waals surface area contributed by atoms with Crippen molar-refractivity contribution in [3.05, 3.63) is 33.2 Å². The number of ether oxygens (including phenoxy) is 8. The number of carbonyl (C=O) groups is 3. The number of Topliss-reactive ketones (excluding diaryl/α,β-unsaturated/α-hetero) is 1. The van der Waals surface area contributed by atoms with Gasteiger partial charge in [0.1, 0.15) is 24.5 Å². The van der Waals surface area contributed by atoms with Gasteiger partial charge < -0.3 is 37.9 Å². The predicted octanol–water partition coefficient (Wildman–Crippen LogP) is 5.13. The lowest BCUT2D eigenvalue weighted by molar-refractivity contribution is -0.338. The molecule has 4 unspecified atom stereocenters. The highest BCUT2D eigenvalue weighted by molar-refractivity contribution is 5.81. The molecule has 0 bridgehead atoms. The first-order valence-electron chi connectivity index (χ1n) is 16.7. The van der Waals surface area contributed by atoms with Crippen LogP contribution in [0.2, 0.25) is 0 Å². The third-order valence-corrected chi connectivity index (χ3v) is 9.90. The van der Waals surface area contributed by atoms with Crippen LogP contribution in [0.25, 0.3) is 20.9 Å². The Balaban J connectivity index is 1.98. The van der Waals surface area contributed by atoms with Crippen molar-refractivity contribution in [2.75, 3.05) is 13.2 Å². The quantitative estimate of drug-likeness (QED) is 0.0514. The number of carbonyl (C=O) groups excluding carboxylic acids is 3. The van der Waals surface area contributed by atoms with Crippen LogP contribution < -0.4 is 0 Å². The van der Waals surface area contributed by atoms with Crippen LogP contribution >= 0.6 is 0 Å². The summed E-state index contributed by atoms with van der Waals surface area (Å²) in [6, 6.07) is -1.58. The third-order valence-electron chi connectivity index (χ3n) is 9.90. The molecule has 0 spiro atoms. The van der Waals surface area contributed by atoms with Gasteiger partial charge in [0.05, 0.1) is 37.1 Å². The Morgan fingerprint density at radius 1 is 0.816 bits per heavy atom. The minimum atomic E-state index is -1.12. The molecule has 0 N–H and O–H groups in total. The standard InChI is InChI=1S/C32H50N6O11/c1-10-23-16(4)17(5)25(35-37-33)32(45-23)48-28-18(6)22(13-42-12-15(3)43-14-39)30(49-29(28)20(8)40)47-27-19(7)26(36-38-34)31(44-21(9)41)46-24(27)11-2/h14,16-19,22-32H,3,10-13H2,1-2,4-9H3/t16-,17+,18-,19-,22?,23+,24?,25?,26?,27-,28-,29+,30-,31-,32+/m1/s1. The normalized spacial score (nSPS) is 39.1. The van der Waals surface area contributed by atoms with E-state index in [4.69, 9.17) is 37.9 Å². The van der Waals surface area contributed by atoms with Crippen LogP contribution in [0.1, 0.15) is 68.2 Å². The van der Waals surface area contributed by atoms with Crippen molar-refractivity contribution in [2.45, 2.75) is 130 Å². The number of rotatable bonds is 16. The molecule has 0 aromatic rings. The summed E-state index contributed by atoms with van der Waals surface area (Å²) in [5, 5.41) is 7.88. The van der Waals surface area contributed by atoms with Gasteiger partial charge in [-0.15, -0.1) is 0 Å². The van der Waals surface area contributed by atoms with E-state index in [0.717, 1.165) is 0 Å². The number of hydrogen-bond donors (Lipinski definition) is 0. The van der Waals surface area contributed by atoms with Crippen molar-refractivity contribution < 1.29 is 52.3 Å². The lowest BCUT2D eigenvalue weighted by Gasteiger charge is -2.50. The number of hydrogen-bond acceptors (Lipinski definition) is 13. The fourth-order valence-corrected chi connectivity index (χ4v) is 6.90. The van der Waals surface area contributed by atoms with Crippen molar-refractivity contribution in [3.8, 4) is 0 Å². The molecule has 3 saturated heterocycles. The summed E-state index contributed by atoms with van der Waals surface area (Å²) in [6.07, 6.45) is -5.48. The van der Waals surface area contributed by atoms with E-state index in [1.165, 1.54) is 13.8 Å². The first-order chi connectivity index (χ1) is 23.3. The topological polar surface area (TPSA) is 223 Å². The maximum absolute atomic E-state index is 13.2. The van der Waals surface area contributed by atoms with Crippen molar-refractivity contribution in [2.24, 2.45) is 39.8 Å². The molecule has 0 aromatic heterocycles. The Hall–Kier alpha value is -3.27. The molecule has 3 aliphatic heterocycles. The number of ketones is 1. The molecule has 0 aromatic carbocycles. The van der Waals surface area contributed by atoms with Gasteiger partial charge in [-0.2, -0.15) is 0 Å². The summed E-state index contributed by atoms with van der Waals surface area (Å²) in [6.45, 7) is 18.0. The second-order valence-electron chi connectivity index (χ2n) is 13.0. The molecule has 274 valence electrons. The van der Waals surface area contributed by atoms with Crippen molar-refractivity contribution >= 4 is 18.2 Å². The molecule has 49 heavy (non-hydrogen) atoms. The van der Waals surface area contributed by atoms with E-state index in [9.17, 15) is 25.4 Å². The maximum atomic E-state index is 13.2. The van der Waals surface area contributed by atoms with E-state index in [1.807, 2.05) is 34.6 Å². The summed E-state index contributed by atoms with van der Waals surface area (Å²) < 4.78 is 48.1. The number of esters is 1. The molecule has 3 aliphatic rings. The number of azide groups is 2. The van der Waals surface area contributed by atoms with Crippen LogP contribution in [-0.2, 0) is 52.3 Å². The van der Waals surface area contributed by atoms with Crippen molar-refractivity contribution in [3.63, 3.8) is 0 Å². The van der Waals surface area contributed by atoms with E-state index < -0.39 is 79.1 Å². The van der Waals surface area contributed by atoms with Crippen LogP contribution in [0, 0.1) is 29.6 Å². The summed E-state index contributed by atoms with van der Waals surface area (Å²) >= 11 is 0. The average Bonchev–Trinajstić information content (AvgIpc) is 3.05. The van der Waals surface area contributed by atoms with Gasteiger partial charge in [-0.3, -0.25) is 14.4 Å². The van der Waals surface area contributed by atoms with E-state index in [-0.39, 0.29) is 49.2 Å². The summed E-state index contributed by atoms with van der Waals surface area (Å²) in [5.41, 5.74) is 18.7. The minimum absolute atomic E-state index is 0.00246. The molecule has 0 amide bonds. The molecule has 3 rings (SSSR count). The fraction of sp³-hybridized carbons (Fsp3) is 0.844. The number of nitrogens with zero attached hydrogens (tertiary/aromatic N) is 6. The molecule has 3 fully saturated rings. The Bertz CT molecular complexity index is 1260. The molecule has 3 heterocycles. The average molecular weight is 695 g/mol. The van der Waals surface area contributed by atoms with Crippen molar-refractivity contribution in [1.82, 2.24) is 0 Å². The maximum Gasteiger partial charge on any atom is 0.304 e. The third kappa shape index (κ3) is 9.71. The van der Waals surface area contributed by atoms with Crippen LogP contribution in [0.3, 0.4) is 0 Å². The molecule has 17 nitrogen and oxygen atoms in total. The van der Waals surface area contributed by atoms with E-state index >= 15 is 0 Å². The van der Waals surface area contributed by atoms with Crippen molar-refractivity contribution in [1.29, 1.82) is 0 Å². The van der Waals surface area contributed by atoms with Gasteiger partial charge in [-0.1, -0.05) is 58.3 Å². The Morgan fingerprint density at radius 3 is 1.96 bits per heavy atom. The monoisotopic (exact) mass is 694 g/mol. The highest BCUT2D eigenvalue weighted by Gasteiger charge is 2.53. The molecule has 0 radical (unpaired) electrons. The summed E-state index contributed by atoms with van der Waals surface area (Å²) in [5.74, 6) is -2.40. The fourth-order valence-electron chi connectivity index (χ4n) is 6.90. The van der Waals surface area contributed by atoms with E-state index in [0.29, 0.717) is 12.8 Å². The SMILES string of the molecule is C=C(COCC1[C@H](O[C@H]2C(CC)O[C@@H](OC(C)=O)C(N=[N+]=[N-])[C@H]2C)O[C@@H](C(C)=O)[C@H](O[C@@H]2O[C@@H](CC)[C@H](C)[C@H](C)C2N=[N+]=[N-])[C@@H]1C)OC=O. The van der Waals surface area contributed by atoms with Gasteiger partial charge in [-0.05, 0) is 54.5 Å². The predicted molar refractivity (Wildman–Crippen MR) is 172 cm³/mol. The molecule has 0 saturated carbocycles. The highest BCUT2D eigenvalue weighted by atomic mass is 16.7. The first-order valence-corrected chi connectivity index (χ1v) is 16.7. The minimum Gasteiger partial charge on any atom is -0.435 e. The van der Waals surface area contributed by atoms with E-state index in [1.54, 1.807) is 6.92 Å². The smallest absolute Gasteiger partial charge is 0.304 e. The van der Waals surface area contributed by atoms with Gasteiger partial charge in [0.25, 0.3) is 6.47 Å². The van der Waals surface area contributed by atoms with Gasteiger partial charge in [-0.25, -0.2) is 0 Å². The Morgan fingerprint density at radius 2 is 1.41 bits per heavy atom. The van der Waals surface area contributed by atoms with Gasteiger partial charge in [0.2, 0.25) is 6.29 Å². The second kappa shape index (κ2) is 18.6. The van der Waals surface area contributed by atoms with Crippen LogP contribution in [0.4, 0.5) is 0 Å².